The van der Waals surface area contributed by atoms with Crippen molar-refractivity contribution >= 4 is 26.0 Å². The van der Waals surface area contributed by atoms with Crippen LogP contribution in [0.2, 0.25) is 0 Å². The van der Waals surface area contributed by atoms with Crippen LogP contribution in [0.4, 0.5) is 0 Å². The normalized spacial score (nSPS) is 34.1. The molecule has 1 aliphatic heterocycles. The van der Waals surface area contributed by atoms with Crippen LogP contribution in [-0.2, 0) is 10.0 Å². The molecule has 1 heterocycles. The van der Waals surface area contributed by atoms with Crippen molar-refractivity contribution < 1.29 is 8.42 Å². The van der Waals surface area contributed by atoms with E-state index in [1.807, 2.05) is 6.92 Å². The van der Waals surface area contributed by atoms with E-state index in [4.69, 9.17) is 0 Å². The lowest BCUT2D eigenvalue weighted by molar-refractivity contribution is 0.516. The van der Waals surface area contributed by atoms with E-state index in [0.29, 0.717) is 4.90 Å². The molecule has 18 heavy (non-hydrogen) atoms. The van der Waals surface area contributed by atoms with Crippen molar-refractivity contribution in [1.82, 2.24) is 4.31 Å². The van der Waals surface area contributed by atoms with Gasteiger partial charge in [0.2, 0.25) is 10.0 Å². The van der Waals surface area contributed by atoms with E-state index in [-0.39, 0.29) is 11.6 Å². The average Bonchev–Trinajstić information content (AvgIpc) is 2.96. The first kappa shape index (κ1) is 12.4. The molecule has 96 valence electrons. The summed E-state index contributed by atoms with van der Waals surface area (Å²) in [6.07, 6.45) is 5.79. The van der Waals surface area contributed by atoms with Gasteiger partial charge in [0.25, 0.3) is 0 Å². The molecular weight excluding hydrogens is 314 g/mol. The van der Waals surface area contributed by atoms with Crippen molar-refractivity contribution in [2.45, 2.75) is 36.2 Å². The highest BCUT2D eigenvalue weighted by Gasteiger charge is 2.64. The fourth-order valence-corrected chi connectivity index (χ4v) is 5.07. The molecule has 3 nitrogen and oxygen atoms in total. The van der Waals surface area contributed by atoms with E-state index >= 15 is 0 Å². The zero-order valence-corrected chi connectivity index (χ0v) is 12.4. The van der Waals surface area contributed by atoms with Crippen LogP contribution in [0.3, 0.4) is 0 Å². The molecule has 1 unspecified atom stereocenters. The van der Waals surface area contributed by atoms with Crippen molar-refractivity contribution in [1.29, 1.82) is 0 Å². The summed E-state index contributed by atoms with van der Waals surface area (Å²) in [7, 11) is -3.35. The van der Waals surface area contributed by atoms with Gasteiger partial charge < -0.3 is 0 Å². The SMILES string of the molecule is C[C@@]12CC=CC[C@@H]1N2S(=O)(=O)c1ccc(Br)cc1. The maximum Gasteiger partial charge on any atom is 0.243 e. The van der Waals surface area contributed by atoms with Crippen LogP contribution >= 0.6 is 15.9 Å². The first-order chi connectivity index (χ1) is 8.46. The standard InChI is InChI=1S/C13H14BrNO2S/c1-13-9-3-2-4-12(13)15(13)18(16,17)11-7-5-10(14)6-8-11/h2-3,5-8,12H,4,9H2,1H3/t12-,13+,15?/m0/s1. The van der Waals surface area contributed by atoms with Crippen LogP contribution in [0, 0.1) is 0 Å². The summed E-state index contributed by atoms with van der Waals surface area (Å²) in [5.41, 5.74) is -0.208. The quantitative estimate of drug-likeness (QED) is 0.618. The van der Waals surface area contributed by atoms with E-state index in [1.54, 1.807) is 28.6 Å². The van der Waals surface area contributed by atoms with Crippen molar-refractivity contribution in [3.8, 4) is 0 Å². The third-order valence-corrected chi connectivity index (χ3v) is 6.45. The summed E-state index contributed by atoms with van der Waals surface area (Å²) in [5.74, 6) is 0. The molecule has 3 rings (SSSR count). The van der Waals surface area contributed by atoms with E-state index < -0.39 is 10.0 Å². The van der Waals surface area contributed by atoms with Crippen LogP contribution in [0.25, 0.3) is 0 Å². The molecule has 1 saturated heterocycles. The number of rotatable bonds is 2. The Morgan fingerprint density at radius 3 is 2.50 bits per heavy atom. The fraction of sp³-hybridized carbons (Fsp3) is 0.385. The van der Waals surface area contributed by atoms with Crippen molar-refractivity contribution in [2.24, 2.45) is 0 Å². The molecule has 1 aliphatic carbocycles. The summed E-state index contributed by atoms with van der Waals surface area (Å²) in [6.45, 7) is 2.03. The molecule has 1 aromatic rings. The number of benzene rings is 1. The highest BCUT2D eigenvalue weighted by molar-refractivity contribution is 9.10. The molecule has 0 saturated carbocycles. The summed E-state index contributed by atoms with van der Waals surface area (Å²) in [6, 6.07) is 6.97. The highest BCUT2D eigenvalue weighted by atomic mass is 79.9. The Bertz CT molecular complexity index is 608. The molecule has 1 aromatic carbocycles. The third-order valence-electron chi connectivity index (χ3n) is 3.86. The van der Waals surface area contributed by atoms with Gasteiger partial charge in [-0.3, -0.25) is 0 Å². The van der Waals surface area contributed by atoms with Crippen LogP contribution in [0.1, 0.15) is 19.8 Å². The Morgan fingerprint density at radius 2 is 1.94 bits per heavy atom. The average molecular weight is 328 g/mol. The zero-order valence-electron chi connectivity index (χ0n) is 10.0. The third kappa shape index (κ3) is 1.68. The zero-order chi connectivity index (χ0) is 13.0. The largest absolute Gasteiger partial charge is 0.243 e. The molecule has 2 aliphatic rings. The van der Waals surface area contributed by atoms with Gasteiger partial charge in [0.15, 0.2) is 0 Å². The van der Waals surface area contributed by atoms with Gasteiger partial charge in [-0.05, 0) is 44.0 Å². The van der Waals surface area contributed by atoms with Crippen molar-refractivity contribution in [3.05, 3.63) is 40.9 Å². The maximum absolute atomic E-state index is 12.6. The Morgan fingerprint density at radius 1 is 1.28 bits per heavy atom. The Labute approximate surface area is 116 Å². The first-order valence-corrected chi connectivity index (χ1v) is 8.15. The summed E-state index contributed by atoms with van der Waals surface area (Å²) >= 11 is 3.32. The molecular formula is C13H14BrNO2S. The minimum atomic E-state index is -3.35. The molecule has 3 atom stereocenters. The van der Waals surface area contributed by atoms with Gasteiger partial charge in [0, 0.05) is 10.5 Å². The number of halogens is 1. The summed E-state index contributed by atoms with van der Waals surface area (Å²) in [5, 5.41) is 0. The van der Waals surface area contributed by atoms with Gasteiger partial charge in [-0.25, -0.2) is 8.42 Å². The lowest BCUT2D eigenvalue weighted by Gasteiger charge is -2.11. The number of hydrogen-bond acceptors (Lipinski definition) is 2. The van der Waals surface area contributed by atoms with Crippen LogP contribution in [0.5, 0.6) is 0 Å². The van der Waals surface area contributed by atoms with Crippen LogP contribution in [0.15, 0.2) is 45.8 Å². The number of nitrogens with zero attached hydrogens (tertiary/aromatic N) is 1. The lowest BCUT2D eigenvalue weighted by Crippen LogP contribution is -2.20. The summed E-state index contributed by atoms with van der Waals surface area (Å²) in [4.78, 5) is 0.376. The Kier molecular flexibility index (Phi) is 2.70. The second-order valence-corrected chi connectivity index (χ2v) is 7.77. The molecule has 1 fully saturated rings. The van der Waals surface area contributed by atoms with E-state index in [0.717, 1.165) is 17.3 Å². The molecule has 0 aromatic heterocycles. The smallest absolute Gasteiger partial charge is 0.207 e. The highest BCUT2D eigenvalue weighted by Crippen LogP contribution is 2.52. The van der Waals surface area contributed by atoms with Crippen LogP contribution < -0.4 is 0 Å². The predicted octanol–water partition coefficient (Wildman–Crippen LogP) is 2.93. The number of sulfonamides is 1. The predicted molar refractivity (Wildman–Crippen MR) is 73.7 cm³/mol. The number of fused-ring (bicyclic) bond motifs is 1. The van der Waals surface area contributed by atoms with Gasteiger partial charge in [0.05, 0.1) is 10.4 Å². The van der Waals surface area contributed by atoms with Gasteiger partial charge in [-0.2, -0.15) is 4.31 Å². The van der Waals surface area contributed by atoms with Crippen LogP contribution in [-0.4, -0.2) is 24.3 Å². The molecule has 0 spiro atoms. The van der Waals surface area contributed by atoms with E-state index in [9.17, 15) is 8.42 Å². The minimum Gasteiger partial charge on any atom is -0.207 e. The second kappa shape index (κ2) is 3.92. The Balaban J connectivity index is 1.96. The maximum atomic E-state index is 12.6. The number of hydrogen-bond donors (Lipinski definition) is 0. The fourth-order valence-electron chi connectivity index (χ4n) is 2.75. The second-order valence-electron chi connectivity index (χ2n) is 5.04. The minimum absolute atomic E-state index is 0.135. The van der Waals surface area contributed by atoms with Gasteiger partial charge in [-0.15, -0.1) is 0 Å². The van der Waals surface area contributed by atoms with Crippen molar-refractivity contribution in [3.63, 3.8) is 0 Å². The molecule has 0 amide bonds. The summed E-state index contributed by atoms with van der Waals surface area (Å²) < 4.78 is 27.7. The molecule has 0 N–H and O–H groups in total. The Hall–Kier alpha value is -0.650. The van der Waals surface area contributed by atoms with Crippen molar-refractivity contribution in [2.75, 3.05) is 0 Å². The monoisotopic (exact) mass is 327 g/mol. The van der Waals surface area contributed by atoms with Gasteiger partial charge in [-0.1, -0.05) is 28.1 Å². The molecule has 0 radical (unpaired) electrons. The van der Waals surface area contributed by atoms with E-state index in [2.05, 4.69) is 28.1 Å². The molecule has 0 bridgehead atoms. The first-order valence-electron chi connectivity index (χ1n) is 5.91. The van der Waals surface area contributed by atoms with E-state index in [1.165, 1.54) is 0 Å². The lowest BCUT2D eigenvalue weighted by atomic mass is 9.96. The topological polar surface area (TPSA) is 37.1 Å². The van der Waals surface area contributed by atoms with Gasteiger partial charge >= 0.3 is 0 Å². The molecule has 5 heteroatoms. The van der Waals surface area contributed by atoms with Gasteiger partial charge in [0.1, 0.15) is 0 Å².